The Hall–Kier alpha value is -1.81. The van der Waals surface area contributed by atoms with Crippen molar-refractivity contribution in [1.29, 1.82) is 0 Å². The number of hydrogen-bond donors (Lipinski definition) is 1. The topological polar surface area (TPSA) is 59.5 Å². The van der Waals surface area contributed by atoms with Crippen LogP contribution in [0.1, 0.15) is 42.0 Å². The minimum Gasteiger partial charge on any atom is -0.422 e. The van der Waals surface area contributed by atoms with Gasteiger partial charge in [0.05, 0.1) is 0 Å². The molecule has 1 aromatic carbocycles. The zero-order valence-corrected chi connectivity index (χ0v) is 13.9. The van der Waals surface area contributed by atoms with Crippen molar-refractivity contribution in [2.24, 2.45) is 5.73 Å². The van der Waals surface area contributed by atoms with Gasteiger partial charge in [0.2, 0.25) is 0 Å². The first kappa shape index (κ1) is 14.8. The van der Waals surface area contributed by atoms with Gasteiger partial charge in [-0.2, -0.15) is 0 Å². The zero-order valence-electron chi connectivity index (χ0n) is 13.9. The summed E-state index contributed by atoms with van der Waals surface area (Å²) < 4.78 is 5.81. The lowest BCUT2D eigenvalue weighted by molar-refractivity contribution is 0.533. The molecule has 4 nitrogen and oxygen atoms in total. The van der Waals surface area contributed by atoms with Crippen molar-refractivity contribution in [1.82, 2.24) is 0 Å². The van der Waals surface area contributed by atoms with Gasteiger partial charge >= 0.3 is 5.63 Å². The fourth-order valence-corrected chi connectivity index (χ4v) is 4.25. The SMILES string of the molecule is Cc1c(CC(C)N)c(=O)oc2c3c4c(cc12)CCCN4CCC3. The minimum absolute atomic E-state index is 0.0412. The van der Waals surface area contributed by atoms with Gasteiger partial charge in [-0.1, -0.05) is 0 Å². The summed E-state index contributed by atoms with van der Waals surface area (Å²) in [7, 11) is 0. The maximum Gasteiger partial charge on any atom is 0.339 e. The van der Waals surface area contributed by atoms with Gasteiger partial charge in [-0.3, -0.25) is 0 Å². The molecular weight excluding hydrogens is 288 g/mol. The zero-order chi connectivity index (χ0) is 16.1. The summed E-state index contributed by atoms with van der Waals surface area (Å²) >= 11 is 0. The Morgan fingerprint density at radius 3 is 2.78 bits per heavy atom. The van der Waals surface area contributed by atoms with E-state index in [1.807, 2.05) is 13.8 Å². The molecular formula is C19H24N2O2. The van der Waals surface area contributed by atoms with Crippen molar-refractivity contribution in [2.45, 2.75) is 52.0 Å². The van der Waals surface area contributed by atoms with Crippen molar-refractivity contribution >= 4 is 16.7 Å². The number of anilines is 1. The third kappa shape index (κ3) is 2.27. The Kier molecular flexibility index (Phi) is 3.45. The van der Waals surface area contributed by atoms with E-state index in [1.54, 1.807) is 0 Å². The summed E-state index contributed by atoms with van der Waals surface area (Å²) in [4.78, 5) is 15.0. The Morgan fingerprint density at radius 1 is 1.30 bits per heavy atom. The summed E-state index contributed by atoms with van der Waals surface area (Å²) in [6.07, 6.45) is 5.04. The van der Waals surface area contributed by atoms with E-state index in [2.05, 4.69) is 11.0 Å². The molecule has 1 atom stereocenters. The molecule has 2 aromatic rings. The van der Waals surface area contributed by atoms with Gasteiger partial charge in [0.15, 0.2) is 0 Å². The normalized spacial score (nSPS) is 18.1. The van der Waals surface area contributed by atoms with Crippen LogP contribution in [0.25, 0.3) is 11.0 Å². The Bertz CT molecular complexity index is 834. The largest absolute Gasteiger partial charge is 0.422 e. The van der Waals surface area contributed by atoms with Gasteiger partial charge in [-0.15, -0.1) is 0 Å². The first-order valence-corrected chi connectivity index (χ1v) is 8.68. The van der Waals surface area contributed by atoms with Crippen molar-refractivity contribution in [3.05, 3.63) is 38.7 Å². The maximum atomic E-state index is 12.5. The van der Waals surface area contributed by atoms with Gasteiger partial charge in [-0.05, 0) is 63.1 Å². The molecule has 2 aliphatic rings. The van der Waals surface area contributed by atoms with E-state index in [0.29, 0.717) is 6.42 Å². The summed E-state index contributed by atoms with van der Waals surface area (Å²) in [5.41, 5.74) is 12.3. The lowest BCUT2D eigenvalue weighted by atomic mass is 9.88. The number of hydrogen-bond acceptors (Lipinski definition) is 4. The van der Waals surface area contributed by atoms with Gasteiger partial charge in [0.1, 0.15) is 5.58 Å². The van der Waals surface area contributed by atoms with E-state index in [0.717, 1.165) is 54.4 Å². The number of nitrogens with two attached hydrogens (primary N) is 1. The van der Waals surface area contributed by atoms with Crippen molar-refractivity contribution in [3.8, 4) is 0 Å². The first-order valence-electron chi connectivity index (χ1n) is 8.68. The standard InChI is InChI=1S/C19H24N2O2/c1-11(20)9-16-12(2)15-10-13-5-3-7-21-8-4-6-14(17(13)21)18(15)23-19(16)22/h10-11H,3-9,20H2,1-2H3. The van der Waals surface area contributed by atoms with Crippen molar-refractivity contribution < 1.29 is 4.42 Å². The molecule has 0 bridgehead atoms. The van der Waals surface area contributed by atoms with Crippen molar-refractivity contribution in [2.75, 3.05) is 18.0 Å². The van der Waals surface area contributed by atoms with E-state index in [1.165, 1.54) is 23.2 Å². The molecule has 1 unspecified atom stereocenters. The molecule has 4 heteroatoms. The minimum atomic E-state index is -0.212. The van der Waals surface area contributed by atoms with Gasteiger partial charge < -0.3 is 15.1 Å². The number of aryl methyl sites for hydroxylation is 3. The lowest BCUT2D eigenvalue weighted by Gasteiger charge is -2.37. The molecule has 0 spiro atoms. The summed E-state index contributed by atoms with van der Waals surface area (Å²) in [5.74, 6) is 0. The number of rotatable bonds is 2. The fraction of sp³-hybridized carbons (Fsp3) is 0.526. The van der Waals surface area contributed by atoms with E-state index < -0.39 is 0 Å². The van der Waals surface area contributed by atoms with Crippen LogP contribution in [0.15, 0.2) is 15.3 Å². The molecule has 0 saturated carbocycles. The molecule has 122 valence electrons. The van der Waals surface area contributed by atoms with Gasteiger partial charge in [0, 0.05) is 41.3 Å². The smallest absolute Gasteiger partial charge is 0.339 e. The average molecular weight is 312 g/mol. The molecule has 0 amide bonds. The van der Waals surface area contributed by atoms with Gasteiger partial charge in [0.25, 0.3) is 0 Å². The number of fused-ring (bicyclic) bond motifs is 2. The van der Waals surface area contributed by atoms with Crippen LogP contribution in [-0.4, -0.2) is 19.1 Å². The van der Waals surface area contributed by atoms with E-state index in [9.17, 15) is 4.79 Å². The lowest BCUT2D eigenvalue weighted by Crippen LogP contribution is -2.34. The Morgan fingerprint density at radius 2 is 2.04 bits per heavy atom. The fourth-order valence-electron chi connectivity index (χ4n) is 4.25. The molecule has 4 rings (SSSR count). The average Bonchev–Trinajstić information content (AvgIpc) is 2.53. The maximum absolute atomic E-state index is 12.5. The van der Waals surface area contributed by atoms with Crippen LogP contribution in [0.3, 0.4) is 0 Å². The van der Waals surface area contributed by atoms with E-state index in [4.69, 9.17) is 10.2 Å². The third-order valence-corrected chi connectivity index (χ3v) is 5.30. The second-order valence-corrected chi connectivity index (χ2v) is 7.11. The molecule has 2 N–H and O–H groups in total. The van der Waals surface area contributed by atoms with Crippen LogP contribution in [0, 0.1) is 6.92 Å². The van der Waals surface area contributed by atoms with Crippen LogP contribution in [0.2, 0.25) is 0 Å². The van der Waals surface area contributed by atoms with Crippen LogP contribution >= 0.6 is 0 Å². The molecule has 0 fully saturated rings. The predicted octanol–water partition coefficient (Wildman–Crippen LogP) is 2.69. The van der Waals surface area contributed by atoms with Gasteiger partial charge in [-0.25, -0.2) is 4.79 Å². The molecule has 0 saturated heterocycles. The van der Waals surface area contributed by atoms with Crippen LogP contribution in [0.4, 0.5) is 5.69 Å². The van der Waals surface area contributed by atoms with Crippen LogP contribution in [-0.2, 0) is 19.3 Å². The third-order valence-electron chi connectivity index (χ3n) is 5.30. The highest BCUT2D eigenvalue weighted by Gasteiger charge is 2.28. The summed E-state index contributed by atoms with van der Waals surface area (Å²) in [5, 5.41) is 1.11. The molecule has 0 radical (unpaired) electrons. The summed E-state index contributed by atoms with van der Waals surface area (Å²) in [6, 6.07) is 2.22. The van der Waals surface area contributed by atoms with E-state index in [-0.39, 0.29) is 11.7 Å². The summed E-state index contributed by atoms with van der Waals surface area (Å²) in [6.45, 7) is 6.21. The highest BCUT2D eigenvalue weighted by atomic mass is 16.4. The Balaban J connectivity index is 2.03. The van der Waals surface area contributed by atoms with Crippen LogP contribution < -0.4 is 16.3 Å². The molecule has 3 heterocycles. The second-order valence-electron chi connectivity index (χ2n) is 7.11. The monoisotopic (exact) mass is 312 g/mol. The van der Waals surface area contributed by atoms with E-state index >= 15 is 0 Å². The molecule has 1 aromatic heterocycles. The number of benzene rings is 1. The molecule has 23 heavy (non-hydrogen) atoms. The predicted molar refractivity (Wildman–Crippen MR) is 93.4 cm³/mol. The highest BCUT2D eigenvalue weighted by Crippen LogP contribution is 2.40. The van der Waals surface area contributed by atoms with Crippen LogP contribution in [0.5, 0.6) is 0 Å². The number of nitrogens with zero attached hydrogens (tertiary/aromatic N) is 1. The first-order chi connectivity index (χ1) is 11.1. The molecule has 0 aliphatic carbocycles. The highest BCUT2D eigenvalue weighted by molar-refractivity contribution is 5.91. The Labute approximate surface area is 136 Å². The second kappa shape index (κ2) is 5.38. The molecule has 2 aliphatic heterocycles. The van der Waals surface area contributed by atoms with Crippen molar-refractivity contribution in [3.63, 3.8) is 0 Å². The quantitative estimate of drug-likeness (QED) is 0.866.